The monoisotopic (exact) mass is 474 g/mol. The molecule has 34 heavy (non-hydrogen) atoms. The Morgan fingerprint density at radius 2 is 1.68 bits per heavy atom. The Hall–Kier alpha value is -3.78. The van der Waals surface area contributed by atoms with E-state index in [0.29, 0.717) is 22.7 Å². The molecule has 0 aliphatic carbocycles. The highest BCUT2D eigenvalue weighted by Gasteiger charge is 2.34. The molecule has 0 aromatic heterocycles. The number of hydrogen-bond acceptors (Lipinski definition) is 5. The fourth-order valence-electron chi connectivity index (χ4n) is 3.77. The predicted octanol–water partition coefficient (Wildman–Crippen LogP) is 4.51. The summed E-state index contributed by atoms with van der Waals surface area (Å²) < 4.78 is 0. The zero-order chi connectivity index (χ0) is 24.1. The maximum absolute atomic E-state index is 13.3. The number of amides is 3. The number of anilines is 4. The van der Waals surface area contributed by atoms with Crippen LogP contribution in [-0.2, 0) is 14.4 Å². The quantitative estimate of drug-likeness (QED) is 0.438. The minimum absolute atomic E-state index is 0.0606. The van der Waals surface area contributed by atoms with Gasteiger partial charge in [0.15, 0.2) is 0 Å². The first-order valence-electron chi connectivity index (χ1n) is 10.9. The number of aryl methyl sites for hydroxylation is 1. The van der Waals surface area contributed by atoms with E-state index < -0.39 is 6.04 Å². The Balaban J connectivity index is 1.47. The second-order valence-electron chi connectivity index (χ2n) is 8.04. The van der Waals surface area contributed by atoms with E-state index in [1.54, 1.807) is 17.8 Å². The van der Waals surface area contributed by atoms with Crippen LogP contribution in [0.15, 0.2) is 77.7 Å². The Kier molecular flexibility index (Phi) is 7.18. The predicted molar refractivity (Wildman–Crippen MR) is 137 cm³/mol. The summed E-state index contributed by atoms with van der Waals surface area (Å²) in [7, 11) is 0. The fourth-order valence-corrected chi connectivity index (χ4v) is 4.23. The molecule has 0 spiro atoms. The van der Waals surface area contributed by atoms with E-state index in [2.05, 4.69) is 16.0 Å². The van der Waals surface area contributed by atoms with Gasteiger partial charge in [0.05, 0.1) is 17.8 Å². The van der Waals surface area contributed by atoms with Gasteiger partial charge in [0.1, 0.15) is 12.6 Å². The lowest BCUT2D eigenvalue weighted by molar-refractivity contribution is -0.124. The summed E-state index contributed by atoms with van der Waals surface area (Å²) in [4.78, 5) is 41.2. The van der Waals surface area contributed by atoms with Crippen molar-refractivity contribution in [3.63, 3.8) is 0 Å². The largest absolute Gasteiger partial charge is 0.372 e. The van der Waals surface area contributed by atoms with E-state index in [1.807, 2.05) is 79.9 Å². The molecule has 0 saturated carbocycles. The molecule has 1 aliphatic rings. The first-order valence-corrected chi connectivity index (χ1v) is 12.1. The molecule has 3 N–H and O–H groups in total. The molecule has 1 atom stereocenters. The zero-order valence-corrected chi connectivity index (χ0v) is 19.8. The number of fused-ring (bicyclic) bond motifs is 1. The van der Waals surface area contributed by atoms with E-state index in [4.69, 9.17) is 0 Å². The van der Waals surface area contributed by atoms with Crippen LogP contribution in [0.1, 0.15) is 12.0 Å². The van der Waals surface area contributed by atoms with Gasteiger partial charge in [0.25, 0.3) is 5.91 Å². The van der Waals surface area contributed by atoms with Crippen LogP contribution in [0.2, 0.25) is 0 Å². The van der Waals surface area contributed by atoms with E-state index in [9.17, 15) is 14.4 Å². The first kappa shape index (κ1) is 23.4. The highest BCUT2D eigenvalue weighted by molar-refractivity contribution is 7.98. The second kappa shape index (κ2) is 10.4. The third kappa shape index (κ3) is 5.58. The van der Waals surface area contributed by atoms with Crippen LogP contribution in [0.3, 0.4) is 0 Å². The summed E-state index contributed by atoms with van der Waals surface area (Å²) in [6.07, 6.45) is 1.90. The Bertz CT molecular complexity index is 1210. The summed E-state index contributed by atoms with van der Waals surface area (Å²) in [6.45, 7) is 1.81. The molecule has 3 amide bonds. The normalized spacial score (nSPS) is 14.7. The van der Waals surface area contributed by atoms with Crippen LogP contribution in [-0.4, -0.2) is 36.6 Å². The topological polar surface area (TPSA) is 90.5 Å². The number of nitrogens with one attached hydrogen (secondary N) is 3. The maximum atomic E-state index is 13.3. The van der Waals surface area contributed by atoms with Crippen LogP contribution >= 0.6 is 11.8 Å². The second-order valence-corrected chi connectivity index (χ2v) is 8.92. The van der Waals surface area contributed by atoms with Gasteiger partial charge in [-0.05, 0) is 55.6 Å². The van der Waals surface area contributed by atoms with E-state index in [1.165, 1.54) is 4.90 Å². The lowest BCUT2D eigenvalue weighted by Gasteiger charge is -2.34. The maximum Gasteiger partial charge on any atom is 0.250 e. The van der Waals surface area contributed by atoms with Gasteiger partial charge in [-0.1, -0.05) is 35.9 Å². The number of rotatable bonds is 7. The van der Waals surface area contributed by atoms with Crippen LogP contribution in [0, 0.1) is 6.92 Å². The van der Waals surface area contributed by atoms with Gasteiger partial charge in [0.2, 0.25) is 11.8 Å². The van der Waals surface area contributed by atoms with Crippen LogP contribution < -0.4 is 20.9 Å². The molecule has 0 saturated heterocycles. The summed E-state index contributed by atoms with van der Waals surface area (Å²) in [5.41, 5.74) is 3.74. The minimum Gasteiger partial charge on any atom is -0.372 e. The van der Waals surface area contributed by atoms with E-state index in [0.717, 1.165) is 10.5 Å². The molecule has 0 bridgehead atoms. The van der Waals surface area contributed by atoms with Crippen molar-refractivity contribution >= 4 is 52.2 Å². The number of thioether (sulfide) groups is 1. The average molecular weight is 475 g/mol. The van der Waals surface area contributed by atoms with Crippen LogP contribution in [0.4, 0.5) is 22.7 Å². The summed E-state index contributed by atoms with van der Waals surface area (Å²) >= 11 is 1.58. The van der Waals surface area contributed by atoms with E-state index in [-0.39, 0.29) is 30.7 Å². The van der Waals surface area contributed by atoms with Crippen molar-refractivity contribution < 1.29 is 14.4 Å². The van der Waals surface area contributed by atoms with Gasteiger partial charge in [-0.25, -0.2) is 0 Å². The Labute approximate surface area is 202 Å². The molecule has 1 aliphatic heterocycles. The van der Waals surface area contributed by atoms with Crippen LogP contribution in [0.5, 0.6) is 0 Å². The highest BCUT2D eigenvalue weighted by Crippen LogP contribution is 2.32. The number of para-hydroxylation sites is 2. The highest BCUT2D eigenvalue weighted by atomic mass is 32.2. The SMILES string of the molecule is CSc1cccc(NC(=O)CN2C(=O)C(CC(=O)Nc3ccc(C)cc3)Nc3ccccc32)c1. The van der Waals surface area contributed by atoms with Gasteiger partial charge >= 0.3 is 0 Å². The molecule has 0 radical (unpaired) electrons. The van der Waals surface area contributed by atoms with Crippen molar-refractivity contribution in [3.8, 4) is 0 Å². The van der Waals surface area contributed by atoms with Crippen molar-refractivity contribution in [1.29, 1.82) is 0 Å². The number of benzene rings is 3. The van der Waals surface area contributed by atoms with Crippen molar-refractivity contribution in [2.45, 2.75) is 24.3 Å². The molecule has 7 nitrogen and oxygen atoms in total. The smallest absolute Gasteiger partial charge is 0.250 e. The number of carbonyl (C=O) groups excluding carboxylic acids is 3. The number of hydrogen-bond donors (Lipinski definition) is 3. The summed E-state index contributed by atoms with van der Waals surface area (Å²) in [5, 5.41) is 8.85. The average Bonchev–Trinajstić information content (AvgIpc) is 2.83. The molecular weight excluding hydrogens is 448 g/mol. The van der Waals surface area contributed by atoms with Crippen molar-refractivity contribution in [2.24, 2.45) is 0 Å². The van der Waals surface area contributed by atoms with Gasteiger partial charge < -0.3 is 16.0 Å². The zero-order valence-electron chi connectivity index (χ0n) is 19.0. The number of nitrogens with zero attached hydrogens (tertiary/aromatic N) is 1. The number of carbonyl (C=O) groups is 3. The molecule has 0 fully saturated rings. The Morgan fingerprint density at radius 3 is 2.44 bits per heavy atom. The molecule has 174 valence electrons. The molecule has 8 heteroatoms. The minimum atomic E-state index is -0.784. The van der Waals surface area contributed by atoms with E-state index >= 15 is 0 Å². The molecule has 1 heterocycles. The Morgan fingerprint density at radius 1 is 0.941 bits per heavy atom. The van der Waals surface area contributed by atoms with Gasteiger partial charge in [0, 0.05) is 16.3 Å². The lowest BCUT2D eigenvalue weighted by Crippen LogP contribution is -2.50. The van der Waals surface area contributed by atoms with Crippen molar-refractivity contribution in [3.05, 3.63) is 78.4 Å². The molecule has 4 rings (SSSR count). The van der Waals surface area contributed by atoms with Gasteiger partial charge in [-0.3, -0.25) is 19.3 Å². The van der Waals surface area contributed by atoms with Crippen molar-refractivity contribution in [2.75, 3.05) is 33.7 Å². The molecular formula is C26H26N4O3S. The fraction of sp³-hybridized carbons (Fsp3) is 0.192. The summed E-state index contributed by atoms with van der Waals surface area (Å²) in [5.74, 6) is -0.927. The summed E-state index contributed by atoms with van der Waals surface area (Å²) in [6, 6.07) is 21.5. The molecule has 3 aromatic rings. The van der Waals surface area contributed by atoms with Gasteiger partial charge in [-0.15, -0.1) is 11.8 Å². The lowest BCUT2D eigenvalue weighted by atomic mass is 10.1. The van der Waals surface area contributed by atoms with Crippen LogP contribution in [0.25, 0.3) is 0 Å². The third-order valence-electron chi connectivity index (χ3n) is 5.47. The van der Waals surface area contributed by atoms with Gasteiger partial charge in [-0.2, -0.15) is 0 Å². The molecule has 1 unspecified atom stereocenters. The standard InChI is InChI=1S/C26H26N4O3S/c1-17-10-12-18(13-11-17)27-24(31)15-22-26(33)30(23-9-4-3-8-21(23)29-22)16-25(32)28-19-6-5-7-20(14-19)34-2/h3-14,22,29H,15-16H2,1-2H3,(H,27,31)(H,28,32). The van der Waals surface area contributed by atoms with Crippen molar-refractivity contribution in [1.82, 2.24) is 0 Å². The molecule has 3 aromatic carbocycles. The first-order chi connectivity index (χ1) is 16.4. The third-order valence-corrected chi connectivity index (χ3v) is 6.19.